The van der Waals surface area contributed by atoms with Crippen LogP contribution in [0, 0.1) is 5.92 Å². The van der Waals surface area contributed by atoms with Gasteiger partial charge in [-0.05, 0) is 12.3 Å². The number of nitrogens with one attached hydrogen (secondary N) is 4. The van der Waals surface area contributed by atoms with E-state index >= 15 is 0 Å². The molecule has 194 valence electrons. The number of nitrogens with zero attached hydrogens (tertiary/aromatic N) is 1. The molecule has 0 spiro atoms. The van der Waals surface area contributed by atoms with Crippen molar-refractivity contribution in [2.75, 3.05) is 0 Å². The molecule has 0 aliphatic carbocycles. The third kappa shape index (κ3) is 10.2. The number of aromatic amines is 1. The predicted molar refractivity (Wildman–Crippen MR) is 118 cm³/mol. The Kier molecular flexibility index (Phi) is 11.3. The Labute approximate surface area is 199 Å². The van der Waals surface area contributed by atoms with Crippen LogP contribution in [-0.4, -0.2) is 85.1 Å². The van der Waals surface area contributed by atoms with Crippen molar-refractivity contribution in [2.45, 2.75) is 63.7 Å². The monoisotopic (exact) mass is 498 g/mol. The first-order valence-corrected chi connectivity index (χ1v) is 10.6. The van der Waals surface area contributed by atoms with Crippen LogP contribution in [0.5, 0.6) is 0 Å². The molecule has 0 saturated heterocycles. The second kappa shape index (κ2) is 13.6. The molecule has 4 unspecified atom stereocenters. The lowest BCUT2D eigenvalue weighted by molar-refractivity contribution is -0.143. The number of carboxylic acid groups (broad SMARTS) is 3. The smallest absolute Gasteiger partial charge is 0.326 e. The lowest BCUT2D eigenvalue weighted by Crippen LogP contribution is -2.59. The molecular formula is C20H30N6O9. The summed E-state index contributed by atoms with van der Waals surface area (Å²) in [5.41, 5.74) is 6.05. The number of rotatable bonds is 15. The number of aliphatic carboxylic acids is 3. The molecule has 1 rings (SSSR count). The molecule has 4 atom stereocenters. The number of carbonyl (C=O) groups is 6. The molecule has 0 fully saturated rings. The molecule has 0 aliphatic rings. The van der Waals surface area contributed by atoms with E-state index in [0.717, 1.165) is 0 Å². The summed E-state index contributed by atoms with van der Waals surface area (Å²) in [4.78, 5) is 77.7. The Morgan fingerprint density at radius 1 is 0.943 bits per heavy atom. The van der Waals surface area contributed by atoms with Crippen LogP contribution in [0.1, 0.15) is 38.8 Å². The number of amides is 3. The number of imidazole rings is 1. The van der Waals surface area contributed by atoms with E-state index in [4.69, 9.17) is 15.9 Å². The molecule has 1 heterocycles. The molecule has 0 aliphatic heterocycles. The standard InChI is InChI=1S/C20H30N6O9/c1-9(2)16(19(33)25-13(20(34)35)5-10-7-22-8-23-10)26-18(32)12(6-15(29)30)24-17(31)11(21)3-4-14(27)28/h7-9,11-13,16H,3-6,21H2,1-2H3,(H,22,23)(H,24,31)(H,25,33)(H,26,32)(H,27,28)(H,29,30)(H,34,35). The Morgan fingerprint density at radius 2 is 1.57 bits per heavy atom. The van der Waals surface area contributed by atoms with Crippen LogP contribution in [0.2, 0.25) is 0 Å². The Bertz CT molecular complexity index is 918. The van der Waals surface area contributed by atoms with E-state index in [0.29, 0.717) is 5.69 Å². The number of carboxylic acids is 3. The van der Waals surface area contributed by atoms with E-state index in [1.54, 1.807) is 13.8 Å². The molecule has 0 aromatic carbocycles. The summed E-state index contributed by atoms with van der Waals surface area (Å²) >= 11 is 0. The number of hydrogen-bond acceptors (Lipinski definition) is 8. The van der Waals surface area contributed by atoms with Crippen LogP contribution in [0.4, 0.5) is 0 Å². The van der Waals surface area contributed by atoms with Crippen molar-refractivity contribution in [2.24, 2.45) is 11.7 Å². The molecule has 3 amide bonds. The largest absolute Gasteiger partial charge is 0.481 e. The van der Waals surface area contributed by atoms with E-state index in [2.05, 4.69) is 25.9 Å². The number of carbonyl (C=O) groups excluding carboxylic acids is 3. The van der Waals surface area contributed by atoms with Crippen molar-refractivity contribution in [1.82, 2.24) is 25.9 Å². The van der Waals surface area contributed by atoms with E-state index in [1.165, 1.54) is 12.5 Å². The first-order chi connectivity index (χ1) is 16.3. The van der Waals surface area contributed by atoms with Crippen molar-refractivity contribution in [1.29, 1.82) is 0 Å². The normalized spacial score (nSPS) is 14.3. The highest BCUT2D eigenvalue weighted by molar-refractivity contribution is 5.95. The molecule has 0 radical (unpaired) electrons. The third-order valence-electron chi connectivity index (χ3n) is 4.86. The fourth-order valence-electron chi connectivity index (χ4n) is 2.94. The Balaban J connectivity index is 2.92. The van der Waals surface area contributed by atoms with Gasteiger partial charge in [-0.25, -0.2) is 9.78 Å². The van der Waals surface area contributed by atoms with Crippen molar-refractivity contribution in [3.05, 3.63) is 18.2 Å². The van der Waals surface area contributed by atoms with Crippen molar-refractivity contribution < 1.29 is 44.1 Å². The summed E-state index contributed by atoms with van der Waals surface area (Å²) in [6.45, 7) is 3.14. The number of aromatic nitrogens is 2. The van der Waals surface area contributed by atoms with Gasteiger partial charge in [-0.1, -0.05) is 13.8 Å². The van der Waals surface area contributed by atoms with Crippen LogP contribution in [0.3, 0.4) is 0 Å². The maximum Gasteiger partial charge on any atom is 0.326 e. The van der Waals surface area contributed by atoms with Gasteiger partial charge in [-0.2, -0.15) is 0 Å². The molecule has 15 nitrogen and oxygen atoms in total. The molecular weight excluding hydrogens is 468 g/mol. The van der Waals surface area contributed by atoms with Gasteiger partial charge in [0.1, 0.15) is 18.1 Å². The Morgan fingerprint density at radius 3 is 2.06 bits per heavy atom. The minimum absolute atomic E-state index is 0.105. The quantitative estimate of drug-likeness (QED) is 0.129. The van der Waals surface area contributed by atoms with Gasteiger partial charge in [-0.15, -0.1) is 0 Å². The maximum atomic E-state index is 12.8. The van der Waals surface area contributed by atoms with E-state index in [1.807, 2.05) is 0 Å². The summed E-state index contributed by atoms with van der Waals surface area (Å²) in [7, 11) is 0. The van der Waals surface area contributed by atoms with E-state index in [9.17, 15) is 33.9 Å². The highest BCUT2D eigenvalue weighted by atomic mass is 16.4. The second-order valence-corrected chi connectivity index (χ2v) is 8.11. The van der Waals surface area contributed by atoms with Gasteiger partial charge < -0.3 is 42.0 Å². The van der Waals surface area contributed by atoms with E-state index < -0.39 is 78.6 Å². The predicted octanol–water partition coefficient (Wildman–Crippen LogP) is -2.19. The number of nitrogens with two attached hydrogens (primary N) is 1. The molecule has 0 saturated carbocycles. The fourth-order valence-corrected chi connectivity index (χ4v) is 2.94. The average Bonchev–Trinajstić information content (AvgIpc) is 3.26. The van der Waals surface area contributed by atoms with Crippen LogP contribution in [0.25, 0.3) is 0 Å². The molecule has 1 aromatic heterocycles. The summed E-state index contributed by atoms with van der Waals surface area (Å²) in [5, 5.41) is 34.1. The minimum atomic E-state index is -1.62. The topological polar surface area (TPSA) is 254 Å². The zero-order valence-corrected chi connectivity index (χ0v) is 19.2. The van der Waals surface area contributed by atoms with Gasteiger partial charge in [0, 0.05) is 24.7 Å². The van der Waals surface area contributed by atoms with Gasteiger partial charge in [0.15, 0.2) is 0 Å². The SMILES string of the molecule is CC(C)C(NC(=O)C(CC(=O)O)NC(=O)C(N)CCC(=O)O)C(=O)NC(Cc1cnc[nH]1)C(=O)O. The molecule has 1 aromatic rings. The van der Waals surface area contributed by atoms with Gasteiger partial charge in [-0.3, -0.25) is 24.0 Å². The van der Waals surface area contributed by atoms with Crippen LogP contribution in [0.15, 0.2) is 12.5 Å². The lowest BCUT2D eigenvalue weighted by Gasteiger charge is -2.26. The summed E-state index contributed by atoms with van der Waals surface area (Å²) < 4.78 is 0. The van der Waals surface area contributed by atoms with Crippen LogP contribution < -0.4 is 21.7 Å². The average molecular weight is 498 g/mol. The van der Waals surface area contributed by atoms with Crippen molar-refractivity contribution in [3.63, 3.8) is 0 Å². The molecule has 35 heavy (non-hydrogen) atoms. The first-order valence-electron chi connectivity index (χ1n) is 10.6. The first kappa shape index (κ1) is 29.0. The third-order valence-corrected chi connectivity index (χ3v) is 4.86. The zero-order chi connectivity index (χ0) is 26.7. The highest BCUT2D eigenvalue weighted by Gasteiger charge is 2.33. The summed E-state index contributed by atoms with van der Waals surface area (Å²) in [6, 6.07) is -5.54. The molecule has 15 heteroatoms. The number of hydrogen-bond donors (Lipinski definition) is 8. The van der Waals surface area contributed by atoms with Gasteiger partial charge in [0.25, 0.3) is 0 Å². The fraction of sp³-hybridized carbons (Fsp3) is 0.550. The molecule has 9 N–H and O–H groups in total. The minimum Gasteiger partial charge on any atom is -0.481 e. The molecule has 0 bridgehead atoms. The van der Waals surface area contributed by atoms with Gasteiger partial charge >= 0.3 is 17.9 Å². The maximum absolute atomic E-state index is 12.8. The van der Waals surface area contributed by atoms with Crippen molar-refractivity contribution >= 4 is 35.6 Å². The van der Waals surface area contributed by atoms with Gasteiger partial charge in [0.05, 0.1) is 18.8 Å². The number of H-pyrrole nitrogens is 1. The summed E-state index contributed by atoms with van der Waals surface area (Å²) in [6.07, 6.45) is 1.14. The Hall–Kier alpha value is -4.01. The van der Waals surface area contributed by atoms with E-state index in [-0.39, 0.29) is 12.8 Å². The van der Waals surface area contributed by atoms with Crippen LogP contribution >= 0.6 is 0 Å². The van der Waals surface area contributed by atoms with Crippen molar-refractivity contribution in [3.8, 4) is 0 Å². The van der Waals surface area contributed by atoms with Crippen LogP contribution in [-0.2, 0) is 35.2 Å². The second-order valence-electron chi connectivity index (χ2n) is 8.11. The summed E-state index contributed by atoms with van der Waals surface area (Å²) in [5.74, 6) is -7.28. The lowest BCUT2D eigenvalue weighted by atomic mass is 10.0. The highest BCUT2D eigenvalue weighted by Crippen LogP contribution is 2.07. The van der Waals surface area contributed by atoms with Gasteiger partial charge in [0.2, 0.25) is 17.7 Å². The zero-order valence-electron chi connectivity index (χ0n) is 19.2.